The van der Waals surface area contributed by atoms with Crippen LogP contribution in [0, 0.1) is 0 Å². The number of aromatic nitrogens is 1. The van der Waals surface area contributed by atoms with Gasteiger partial charge in [-0.2, -0.15) is 0 Å². The maximum atomic E-state index is 12.6. The molecule has 3 nitrogen and oxygen atoms in total. The summed E-state index contributed by atoms with van der Waals surface area (Å²) in [5, 5.41) is 0.923. The molecule has 1 aromatic heterocycles. The number of benzene rings is 1. The number of hydrogen-bond acceptors (Lipinski definition) is 2. The van der Waals surface area contributed by atoms with Crippen LogP contribution in [0.25, 0.3) is 10.9 Å². The largest absolute Gasteiger partial charge is 0.456 e. The first-order valence-corrected chi connectivity index (χ1v) is 6.94. The number of carbonyl (C=O) groups excluding carboxylic acids is 1. The molecule has 0 aliphatic carbocycles. The van der Waals surface area contributed by atoms with E-state index < -0.39 is 5.60 Å². The molecule has 3 heteroatoms. The van der Waals surface area contributed by atoms with Crippen molar-refractivity contribution in [1.82, 2.24) is 4.98 Å². The maximum Gasteiger partial charge on any atom is 0.341 e. The Balaban J connectivity index is 2.63. The molecule has 0 aliphatic rings. The van der Waals surface area contributed by atoms with Crippen LogP contribution in [-0.2, 0) is 10.2 Å². The van der Waals surface area contributed by atoms with Crippen LogP contribution in [-0.4, -0.2) is 16.6 Å². The highest BCUT2D eigenvalue weighted by molar-refractivity contribution is 6.06. The van der Waals surface area contributed by atoms with Crippen LogP contribution >= 0.6 is 0 Å². The molecule has 0 aliphatic heterocycles. The summed E-state index contributed by atoms with van der Waals surface area (Å²) in [6.45, 7) is 11.9. The number of fused-ring (bicyclic) bond motifs is 1. The highest BCUT2D eigenvalue weighted by atomic mass is 16.6. The SMILES string of the molecule is CC(C)(C)OC(=O)c1c(C(C)(C)C)[nH]c2ccccc12. The van der Waals surface area contributed by atoms with Crippen LogP contribution in [0.15, 0.2) is 24.3 Å². The molecule has 0 spiro atoms. The lowest BCUT2D eigenvalue weighted by Gasteiger charge is -2.23. The number of H-pyrrole nitrogens is 1. The van der Waals surface area contributed by atoms with Crippen LogP contribution in [0.1, 0.15) is 57.6 Å². The van der Waals surface area contributed by atoms with Gasteiger partial charge < -0.3 is 9.72 Å². The Morgan fingerprint density at radius 2 is 1.65 bits per heavy atom. The average molecular weight is 273 g/mol. The van der Waals surface area contributed by atoms with Gasteiger partial charge in [-0.15, -0.1) is 0 Å². The van der Waals surface area contributed by atoms with Gasteiger partial charge in [0.2, 0.25) is 0 Å². The van der Waals surface area contributed by atoms with E-state index in [2.05, 4.69) is 25.8 Å². The van der Waals surface area contributed by atoms with Crippen molar-refractivity contribution in [2.45, 2.75) is 52.6 Å². The van der Waals surface area contributed by atoms with E-state index in [1.165, 1.54) is 0 Å². The molecular weight excluding hydrogens is 250 g/mol. The van der Waals surface area contributed by atoms with Crippen LogP contribution in [0.2, 0.25) is 0 Å². The highest BCUT2D eigenvalue weighted by Gasteiger charge is 2.29. The fourth-order valence-electron chi connectivity index (χ4n) is 2.25. The molecule has 20 heavy (non-hydrogen) atoms. The van der Waals surface area contributed by atoms with E-state index in [9.17, 15) is 4.79 Å². The number of ether oxygens (including phenoxy) is 1. The lowest BCUT2D eigenvalue weighted by atomic mass is 9.89. The molecule has 2 rings (SSSR count). The molecule has 0 saturated carbocycles. The number of esters is 1. The van der Waals surface area contributed by atoms with Gasteiger partial charge in [-0.25, -0.2) is 4.79 Å². The Hall–Kier alpha value is -1.77. The van der Waals surface area contributed by atoms with Crippen molar-refractivity contribution in [3.05, 3.63) is 35.5 Å². The monoisotopic (exact) mass is 273 g/mol. The van der Waals surface area contributed by atoms with E-state index in [-0.39, 0.29) is 11.4 Å². The smallest absolute Gasteiger partial charge is 0.341 e. The summed E-state index contributed by atoms with van der Waals surface area (Å²) < 4.78 is 5.57. The second kappa shape index (κ2) is 4.65. The molecule has 0 saturated heterocycles. The summed E-state index contributed by atoms with van der Waals surface area (Å²) in [6, 6.07) is 7.85. The molecule has 0 bridgehead atoms. The van der Waals surface area contributed by atoms with E-state index in [0.29, 0.717) is 5.56 Å². The van der Waals surface area contributed by atoms with Gasteiger partial charge in [0.25, 0.3) is 0 Å². The third-order valence-electron chi connectivity index (χ3n) is 3.06. The first kappa shape index (κ1) is 14.6. The summed E-state index contributed by atoms with van der Waals surface area (Å²) in [5.74, 6) is -0.264. The fraction of sp³-hybridized carbons (Fsp3) is 0.471. The highest BCUT2D eigenvalue weighted by Crippen LogP contribution is 2.32. The van der Waals surface area contributed by atoms with Gasteiger partial charge in [0, 0.05) is 22.0 Å². The van der Waals surface area contributed by atoms with Crippen molar-refractivity contribution in [2.24, 2.45) is 0 Å². The third-order valence-corrected chi connectivity index (χ3v) is 3.06. The molecule has 2 aromatic rings. The third kappa shape index (κ3) is 2.87. The Labute approximate surface area is 120 Å². The predicted octanol–water partition coefficient (Wildman–Crippen LogP) is 4.42. The first-order chi connectivity index (χ1) is 9.09. The van der Waals surface area contributed by atoms with Gasteiger partial charge in [-0.1, -0.05) is 39.0 Å². The van der Waals surface area contributed by atoms with Gasteiger partial charge in [0.1, 0.15) is 5.60 Å². The number of aromatic amines is 1. The van der Waals surface area contributed by atoms with Crippen LogP contribution in [0.5, 0.6) is 0 Å². The van der Waals surface area contributed by atoms with Crippen molar-refractivity contribution < 1.29 is 9.53 Å². The number of para-hydroxylation sites is 1. The van der Waals surface area contributed by atoms with Crippen LogP contribution in [0.4, 0.5) is 0 Å². The van der Waals surface area contributed by atoms with Gasteiger partial charge in [0.15, 0.2) is 0 Å². The van der Waals surface area contributed by atoms with Gasteiger partial charge in [-0.3, -0.25) is 0 Å². The Morgan fingerprint density at radius 1 is 1.05 bits per heavy atom. The average Bonchev–Trinajstić information content (AvgIpc) is 2.65. The van der Waals surface area contributed by atoms with Gasteiger partial charge in [0.05, 0.1) is 5.56 Å². The Bertz CT molecular complexity index is 639. The molecular formula is C17H23NO2. The van der Waals surface area contributed by atoms with Crippen molar-refractivity contribution >= 4 is 16.9 Å². The Morgan fingerprint density at radius 3 is 2.20 bits per heavy atom. The number of hydrogen-bond donors (Lipinski definition) is 1. The topological polar surface area (TPSA) is 42.1 Å². The maximum absolute atomic E-state index is 12.6. The van der Waals surface area contributed by atoms with Crippen LogP contribution in [0.3, 0.4) is 0 Å². The standard InChI is InChI=1S/C17H23NO2/c1-16(2,3)14-13(15(19)20-17(4,5)6)11-9-7-8-10-12(11)18-14/h7-10,18H,1-6H3. The van der Waals surface area contributed by atoms with Crippen molar-refractivity contribution in [3.8, 4) is 0 Å². The fourth-order valence-corrected chi connectivity index (χ4v) is 2.25. The van der Waals surface area contributed by atoms with Crippen molar-refractivity contribution in [1.29, 1.82) is 0 Å². The molecule has 1 aromatic carbocycles. The van der Waals surface area contributed by atoms with E-state index >= 15 is 0 Å². The predicted molar refractivity (Wildman–Crippen MR) is 82.2 cm³/mol. The molecule has 1 heterocycles. The van der Waals surface area contributed by atoms with Crippen molar-refractivity contribution in [2.75, 3.05) is 0 Å². The lowest BCUT2D eigenvalue weighted by Crippen LogP contribution is -2.26. The van der Waals surface area contributed by atoms with Gasteiger partial charge >= 0.3 is 5.97 Å². The zero-order valence-electron chi connectivity index (χ0n) is 13.1. The zero-order chi connectivity index (χ0) is 15.1. The minimum atomic E-state index is -0.495. The summed E-state index contributed by atoms with van der Waals surface area (Å²) in [7, 11) is 0. The number of carbonyl (C=O) groups is 1. The van der Waals surface area contributed by atoms with Crippen molar-refractivity contribution in [3.63, 3.8) is 0 Å². The summed E-state index contributed by atoms with van der Waals surface area (Å²) in [5.41, 5.74) is 1.91. The quantitative estimate of drug-likeness (QED) is 0.781. The van der Waals surface area contributed by atoms with Gasteiger partial charge in [-0.05, 0) is 26.8 Å². The summed E-state index contributed by atoms with van der Waals surface area (Å²) >= 11 is 0. The molecule has 0 fully saturated rings. The number of rotatable bonds is 1. The molecule has 0 amide bonds. The minimum Gasteiger partial charge on any atom is -0.456 e. The Kier molecular flexibility index (Phi) is 3.41. The second-order valence-corrected chi connectivity index (χ2v) is 7.17. The molecule has 1 N–H and O–H groups in total. The van der Waals surface area contributed by atoms with E-state index in [0.717, 1.165) is 16.6 Å². The minimum absolute atomic E-state index is 0.148. The molecule has 108 valence electrons. The number of nitrogens with one attached hydrogen (secondary N) is 1. The molecule has 0 atom stereocenters. The van der Waals surface area contributed by atoms with E-state index in [1.54, 1.807) is 0 Å². The van der Waals surface area contributed by atoms with E-state index in [4.69, 9.17) is 4.74 Å². The van der Waals surface area contributed by atoms with Crippen LogP contribution < -0.4 is 0 Å². The summed E-state index contributed by atoms with van der Waals surface area (Å²) in [6.07, 6.45) is 0. The normalized spacial score (nSPS) is 12.7. The zero-order valence-corrected chi connectivity index (χ0v) is 13.1. The summed E-state index contributed by atoms with van der Waals surface area (Å²) in [4.78, 5) is 15.9. The molecule has 0 unspecified atom stereocenters. The first-order valence-electron chi connectivity index (χ1n) is 6.94. The van der Waals surface area contributed by atoms with E-state index in [1.807, 2.05) is 45.0 Å². The lowest BCUT2D eigenvalue weighted by molar-refractivity contribution is 0.00693. The molecule has 0 radical (unpaired) electrons. The second-order valence-electron chi connectivity index (χ2n) is 7.17.